The van der Waals surface area contributed by atoms with Crippen LogP contribution in [0.3, 0.4) is 0 Å². The highest BCUT2D eigenvalue weighted by Crippen LogP contribution is 2.38. The van der Waals surface area contributed by atoms with Crippen molar-refractivity contribution in [3.63, 3.8) is 0 Å². The number of benzene rings is 1. The van der Waals surface area contributed by atoms with Gasteiger partial charge in [0.2, 0.25) is 11.8 Å². The molecule has 1 aliphatic carbocycles. The smallest absolute Gasteiger partial charge is 0.405 e. The third-order valence-electron chi connectivity index (χ3n) is 6.96. The van der Waals surface area contributed by atoms with Gasteiger partial charge in [0.25, 0.3) is 0 Å². The maximum absolute atomic E-state index is 12.7. The Kier molecular flexibility index (Phi) is 8.50. The van der Waals surface area contributed by atoms with Gasteiger partial charge in [0.15, 0.2) is 0 Å². The fraction of sp³-hybridized carbons (Fsp3) is 0.625. The largest absolute Gasteiger partial charge is 0.465 e. The number of piperidine rings is 1. The number of carbonyl (C=O) groups is 3. The molecule has 1 aromatic rings. The summed E-state index contributed by atoms with van der Waals surface area (Å²) in [6.07, 6.45) is 7.19. The molecule has 32 heavy (non-hydrogen) atoms. The molecule has 3 rings (SSSR count). The molecule has 1 saturated carbocycles. The predicted molar refractivity (Wildman–Crippen MR) is 122 cm³/mol. The number of carbonyl (C=O) groups excluding carboxylic acids is 2. The van der Waals surface area contributed by atoms with Gasteiger partial charge in [0.05, 0.1) is 0 Å². The Morgan fingerprint density at radius 2 is 1.75 bits per heavy atom. The lowest BCUT2D eigenvalue weighted by atomic mass is 9.73. The van der Waals surface area contributed by atoms with Crippen LogP contribution in [0.2, 0.25) is 0 Å². The van der Waals surface area contributed by atoms with Crippen LogP contribution in [-0.4, -0.2) is 58.6 Å². The van der Waals surface area contributed by atoms with Crippen LogP contribution in [-0.2, 0) is 16.0 Å². The van der Waals surface area contributed by atoms with Crippen LogP contribution in [0.5, 0.6) is 0 Å². The zero-order valence-corrected chi connectivity index (χ0v) is 18.7. The second-order valence-electron chi connectivity index (χ2n) is 9.22. The average Bonchev–Trinajstić information content (AvgIpc) is 2.79. The van der Waals surface area contributed by atoms with Gasteiger partial charge in [-0.25, -0.2) is 4.79 Å². The van der Waals surface area contributed by atoms with Gasteiger partial charge in [-0.15, -0.1) is 0 Å². The second kappa shape index (κ2) is 11.3. The maximum atomic E-state index is 12.7. The van der Waals surface area contributed by atoms with Crippen LogP contribution in [0.25, 0.3) is 0 Å². The molecule has 176 valence electrons. The fourth-order valence-electron chi connectivity index (χ4n) is 5.25. The van der Waals surface area contributed by atoms with Gasteiger partial charge >= 0.3 is 6.09 Å². The van der Waals surface area contributed by atoms with Crippen molar-refractivity contribution >= 4 is 17.9 Å². The molecule has 8 nitrogen and oxygen atoms in total. The number of hydrogen-bond acceptors (Lipinski definition) is 4. The number of nitrogens with zero attached hydrogens (tertiary/aromatic N) is 1. The summed E-state index contributed by atoms with van der Waals surface area (Å²) in [5.74, 6) is -0.938. The Balaban J connectivity index is 1.63. The Bertz CT molecular complexity index is 771. The minimum Gasteiger partial charge on any atom is -0.465 e. The van der Waals surface area contributed by atoms with E-state index in [0.717, 1.165) is 45.2 Å². The molecule has 1 aliphatic heterocycles. The highest BCUT2D eigenvalue weighted by Gasteiger charge is 2.41. The van der Waals surface area contributed by atoms with Gasteiger partial charge in [0, 0.05) is 18.0 Å². The zero-order valence-electron chi connectivity index (χ0n) is 18.7. The first-order valence-corrected chi connectivity index (χ1v) is 11.7. The molecule has 0 spiro atoms. The van der Waals surface area contributed by atoms with Crippen LogP contribution in [0, 0.1) is 0 Å². The lowest BCUT2D eigenvalue weighted by Crippen LogP contribution is -2.57. The van der Waals surface area contributed by atoms with Crippen LogP contribution in [0.15, 0.2) is 30.3 Å². The van der Waals surface area contributed by atoms with E-state index < -0.39 is 18.0 Å². The molecule has 1 heterocycles. The second-order valence-corrected chi connectivity index (χ2v) is 9.22. The molecule has 8 heteroatoms. The van der Waals surface area contributed by atoms with Gasteiger partial charge in [0.1, 0.15) is 6.04 Å². The van der Waals surface area contributed by atoms with Crippen molar-refractivity contribution in [1.29, 1.82) is 0 Å². The summed E-state index contributed by atoms with van der Waals surface area (Å²) in [5, 5.41) is 14.3. The van der Waals surface area contributed by atoms with Crippen molar-refractivity contribution < 1.29 is 19.5 Å². The summed E-state index contributed by atoms with van der Waals surface area (Å²) in [6.45, 7) is 2.25. The number of nitrogens with one attached hydrogen (secondary N) is 2. The van der Waals surface area contributed by atoms with Crippen molar-refractivity contribution in [2.45, 2.75) is 81.8 Å². The third-order valence-corrected chi connectivity index (χ3v) is 6.96. The van der Waals surface area contributed by atoms with E-state index in [0.29, 0.717) is 0 Å². The maximum Gasteiger partial charge on any atom is 0.405 e. The lowest BCUT2D eigenvalue weighted by molar-refractivity contribution is -0.124. The van der Waals surface area contributed by atoms with Gasteiger partial charge in [-0.05, 0) is 70.0 Å². The fourth-order valence-corrected chi connectivity index (χ4v) is 5.25. The predicted octanol–water partition coefficient (Wildman–Crippen LogP) is 2.41. The van der Waals surface area contributed by atoms with Crippen LogP contribution >= 0.6 is 0 Å². The topological polar surface area (TPSA) is 125 Å². The van der Waals surface area contributed by atoms with E-state index in [1.165, 1.54) is 24.8 Å². The molecule has 2 aliphatic rings. The average molecular weight is 445 g/mol. The molecular formula is C24H36N4O4. The molecule has 1 saturated heterocycles. The number of carboxylic acid groups (broad SMARTS) is 1. The van der Waals surface area contributed by atoms with Crippen molar-refractivity contribution in [3.05, 3.63) is 35.9 Å². The molecule has 5 N–H and O–H groups in total. The quantitative estimate of drug-likeness (QED) is 0.466. The number of primary amides is 1. The van der Waals surface area contributed by atoms with Crippen LogP contribution in [0.1, 0.15) is 63.4 Å². The van der Waals surface area contributed by atoms with Crippen molar-refractivity contribution in [2.24, 2.45) is 5.73 Å². The van der Waals surface area contributed by atoms with E-state index in [1.54, 1.807) is 0 Å². The van der Waals surface area contributed by atoms with E-state index in [-0.39, 0.29) is 30.3 Å². The van der Waals surface area contributed by atoms with E-state index in [1.807, 2.05) is 6.07 Å². The number of hydrogen-bond donors (Lipinski definition) is 4. The minimum absolute atomic E-state index is 0.00265. The molecule has 0 aromatic heterocycles. The molecule has 3 amide bonds. The van der Waals surface area contributed by atoms with Crippen LogP contribution in [0.4, 0.5) is 4.79 Å². The Labute approximate surface area is 189 Å². The standard InChI is InChI=1S/C24H36N4O4/c25-21(29)10-9-20(27-23(31)32)22(30)26-19-11-13-24(14-12-19,28-15-5-2-6-16-28)17-18-7-3-1-4-8-18/h1,3-4,7-8,19-20,27H,2,5-6,9-17H2,(H2,25,29)(H,26,30)(H,31,32). The molecule has 1 unspecified atom stereocenters. The highest BCUT2D eigenvalue weighted by molar-refractivity contribution is 5.86. The van der Waals surface area contributed by atoms with Crippen molar-refractivity contribution in [1.82, 2.24) is 15.5 Å². The minimum atomic E-state index is -1.29. The Hall–Kier alpha value is -2.61. The summed E-state index contributed by atoms with van der Waals surface area (Å²) in [5.41, 5.74) is 6.62. The molecule has 0 bridgehead atoms. The van der Waals surface area contributed by atoms with E-state index in [9.17, 15) is 14.4 Å². The van der Waals surface area contributed by atoms with E-state index in [4.69, 9.17) is 10.8 Å². The van der Waals surface area contributed by atoms with Gasteiger partial charge in [-0.3, -0.25) is 14.5 Å². The van der Waals surface area contributed by atoms with Crippen molar-refractivity contribution in [3.8, 4) is 0 Å². The number of nitrogens with two attached hydrogens (primary N) is 1. The number of likely N-dealkylation sites (tertiary alicyclic amines) is 1. The highest BCUT2D eigenvalue weighted by atomic mass is 16.4. The normalized spacial score (nSPS) is 24.9. The Morgan fingerprint density at radius 1 is 1.09 bits per heavy atom. The lowest BCUT2D eigenvalue weighted by Gasteiger charge is -2.50. The third kappa shape index (κ3) is 6.69. The van der Waals surface area contributed by atoms with E-state index >= 15 is 0 Å². The molecule has 0 radical (unpaired) electrons. The van der Waals surface area contributed by atoms with Gasteiger partial charge < -0.3 is 21.5 Å². The van der Waals surface area contributed by atoms with Gasteiger partial charge in [-0.1, -0.05) is 36.8 Å². The first-order valence-electron chi connectivity index (χ1n) is 11.7. The summed E-state index contributed by atoms with van der Waals surface area (Å²) >= 11 is 0. The number of amides is 3. The first kappa shape index (κ1) is 24.0. The Morgan fingerprint density at radius 3 is 2.34 bits per heavy atom. The summed E-state index contributed by atoms with van der Waals surface area (Å²) in [4.78, 5) is 37.5. The van der Waals surface area contributed by atoms with E-state index in [2.05, 4.69) is 39.8 Å². The van der Waals surface area contributed by atoms with Gasteiger partial charge in [-0.2, -0.15) is 0 Å². The number of rotatable bonds is 9. The first-order chi connectivity index (χ1) is 15.4. The van der Waals surface area contributed by atoms with Crippen LogP contribution < -0.4 is 16.4 Å². The molecule has 1 atom stereocenters. The molecular weight excluding hydrogens is 408 g/mol. The summed E-state index contributed by atoms with van der Waals surface area (Å²) < 4.78 is 0. The monoisotopic (exact) mass is 444 g/mol. The molecule has 1 aromatic carbocycles. The van der Waals surface area contributed by atoms with Crippen molar-refractivity contribution in [2.75, 3.05) is 13.1 Å². The zero-order chi connectivity index (χ0) is 23.0. The summed E-state index contributed by atoms with van der Waals surface area (Å²) in [7, 11) is 0. The molecule has 2 fully saturated rings. The summed E-state index contributed by atoms with van der Waals surface area (Å²) in [6, 6.07) is 9.64. The SMILES string of the molecule is NC(=O)CCC(NC(=O)O)C(=O)NC1CCC(Cc2ccccc2)(N2CCCCC2)CC1.